The summed E-state index contributed by atoms with van der Waals surface area (Å²) in [5.41, 5.74) is 3.83. The van der Waals surface area contributed by atoms with Gasteiger partial charge in [0.1, 0.15) is 23.9 Å². The van der Waals surface area contributed by atoms with Gasteiger partial charge in [-0.25, -0.2) is 9.48 Å². The van der Waals surface area contributed by atoms with Gasteiger partial charge in [-0.05, 0) is 37.3 Å². The Morgan fingerprint density at radius 3 is 2.39 bits per heavy atom. The predicted octanol–water partition coefficient (Wildman–Crippen LogP) is 7.24. The van der Waals surface area contributed by atoms with Gasteiger partial charge in [-0.2, -0.15) is 5.10 Å². The lowest BCUT2D eigenvalue weighted by molar-refractivity contribution is -0.123. The second-order valence-electron chi connectivity index (χ2n) is 12.0. The number of methoxy groups -OCH3 is 1. The van der Waals surface area contributed by atoms with E-state index in [-0.39, 0.29) is 24.2 Å². The summed E-state index contributed by atoms with van der Waals surface area (Å²) < 4.78 is 18.3. The molecule has 2 heterocycles. The van der Waals surface area contributed by atoms with Gasteiger partial charge in [0.2, 0.25) is 0 Å². The molecule has 10 nitrogen and oxygen atoms in total. The Labute approximate surface area is 268 Å². The molecule has 2 amide bonds. The highest BCUT2D eigenvalue weighted by atomic mass is 16.5. The highest BCUT2D eigenvalue weighted by molar-refractivity contribution is 6.07. The van der Waals surface area contributed by atoms with E-state index in [9.17, 15) is 9.59 Å². The lowest BCUT2D eigenvalue weighted by Crippen LogP contribution is -2.21. The van der Waals surface area contributed by atoms with Gasteiger partial charge in [-0.1, -0.05) is 62.7 Å². The molecule has 0 unspecified atom stereocenters. The van der Waals surface area contributed by atoms with Crippen LogP contribution in [0, 0.1) is 6.92 Å². The molecule has 0 spiro atoms. The van der Waals surface area contributed by atoms with Crippen molar-refractivity contribution in [3.63, 3.8) is 0 Å². The molecule has 0 aliphatic rings. The summed E-state index contributed by atoms with van der Waals surface area (Å²) in [6.07, 6.45) is 1.74. The van der Waals surface area contributed by atoms with Gasteiger partial charge < -0.3 is 19.5 Å². The molecule has 5 aromatic rings. The van der Waals surface area contributed by atoms with Crippen LogP contribution in [0.4, 0.5) is 16.3 Å². The monoisotopic (exact) mass is 621 g/mol. The van der Waals surface area contributed by atoms with Crippen molar-refractivity contribution in [1.29, 1.82) is 0 Å². The Kier molecular flexibility index (Phi) is 10.1. The summed E-state index contributed by atoms with van der Waals surface area (Å²) in [6, 6.07) is 24.2. The van der Waals surface area contributed by atoms with Crippen molar-refractivity contribution < 1.29 is 23.8 Å². The Morgan fingerprint density at radius 2 is 1.65 bits per heavy atom. The molecule has 5 rings (SSSR count). The molecule has 0 fully saturated rings. The van der Waals surface area contributed by atoms with Crippen molar-refractivity contribution in [3.05, 3.63) is 102 Å². The fourth-order valence-corrected chi connectivity index (χ4v) is 4.78. The molecule has 238 valence electrons. The average molecular weight is 622 g/mol. The number of carbonyl (C=O) groups excluding carboxylic acids is 2. The van der Waals surface area contributed by atoms with Crippen LogP contribution in [0.15, 0.2) is 85.1 Å². The normalized spacial score (nSPS) is 11.4. The Balaban J connectivity index is 1.33. The van der Waals surface area contributed by atoms with Crippen LogP contribution in [0.1, 0.15) is 37.7 Å². The smallest absolute Gasteiger partial charge is 0.324 e. The van der Waals surface area contributed by atoms with Crippen molar-refractivity contribution in [2.45, 2.75) is 39.5 Å². The van der Waals surface area contributed by atoms with E-state index in [2.05, 4.69) is 36.4 Å². The molecule has 0 atom stereocenters. The molecular formula is C36H39N5O5. The van der Waals surface area contributed by atoms with Gasteiger partial charge in [0.15, 0.2) is 5.78 Å². The van der Waals surface area contributed by atoms with Crippen LogP contribution in [0.25, 0.3) is 16.5 Å². The number of urea groups is 1. The minimum Gasteiger partial charge on any atom is -0.457 e. The van der Waals surface area contributed by atoms with Crippen LogP contribution in [0.5, 0.6) is 11.5 Å². The van der Waals surface area contributed by atoms with E-state index in [1.54, 1.807) is 42.3 Å². The summed E-state index contributed by atoms with van der Waals surface area (Å²) in [5, 5.41) is 12.4. The molecule has 0 aliphatic carbocycles. The van der Waals surface area contributed by atoms with E-state index in [1.165, 1.54) is 0 Å². The molecule has 2 N–H and O–H groups in total. The number of hydrogen-bond acceptors (Lipinski definition) is 7. The quantitative estimate of drug-likeness (QED) is 0.141. The van der Waals surface area contributed by atoms with E-state index in [0.29, 0.717) is 41.9 Å². The molecule has 2 aromatic heterocycles. The van der Waals surface area contributed by atoms with E-state index in [1.807, 2.05) is 61.5 Å². The van der Waals surface area contributed by atoms with Crippen molar-refractivity contribution in [1.82, 2.24) is 14.8 Å². The molecule has 0 bridgehead atoms. The summed E-state index contributed by atoms with van der Waals surface area (Å²) >= 11 is 0. The van der Waals surface area contributed by atoms with Gasteiger partial charge in [0.05, 0.1) is 42.4 Å². The summed E-state index contributed by atoms with van der Waals surface area (Å²) in [7, 11) is 1.58. The number of ether oxygens (including phenoxy) is 3. The third-order valence-corrected chi connectivity index (χ3v) is 7.22. The fourth-order valence-electron chi connectivity index (χ4n) is 4.78. The predicted molar refractivity (Wildman–Crippen MR) is 179 cm³/mol. The molecule has 0 radical (unpaired) electrons. The van der Waals surface area contributed by atoms with E-state index < -0.39 is 6.03 Å². The zero-order valence-corrected chi connectivity index (χ0v) is 26.8. The summed E-state index contributed by atoms with van der Waals surface area (Å²) in [5.74, 6) is 1.61. The maximum Gasteiger partial charge on any atom is 0.324 e. The number of Topliss-reactive ketones (excluding diaryl/α,β-unsaturated/α-hetero) is 1. The van der Waals surface area contributed by atoms with Crippen LogP contribution < -0.4 is 15.4 Å². The number of rotatable bonds is 12. The number of carbonyl (C=O) groups is 2. The standard InChI is InChI=1S/C36H39N5O5/c1-24-10-12-26(13-11-24)41-34(22-33(40-41)36(2,3)4)39-35(43)38-31-14-15-32(30-9-7-6-8-29(30)31)46-28-16-17-37-25(21-28)20-27(42)23-45-19-18-44-5/h6-17,21-22H,18-20,23H2,1-5H3,(H2,38,39,43). The van der Waals surface area contributed by atoms with Crippen LogP contribution in [0.3, 0.4) is 0 Å². The minimum absolute atomic E-state index is 0.00511. The first-order valence-corrected chi connectivity index (χ1v) is 15.1. The number of hydrogen-bond donors (Lipinski definition) is 2. The van der Waals surface area contributed by atoms with Crippen molar-refractivity contribution in [3.8, 4) is 17.2 Å². The molecule has 0 saturated carbocycles. The van der Waals surface area contributed by atoms with Gasteiger partial charge in [-0.3, -0.25) is 15.1 Å². The van der Waals surface area contributed by atoms with Gasteiger partial charge >= 0.3 is 6.03 Å². The van der Waals surface area contributed by atoms with E-state index in [4.69, 9.17) is 19.3 Å². The highest BCUT2D eigenvalue weighted by Gasteiger charge is 2.22. The number of nitrogens with one attached hydrogen (secondary N) is 2. The molecule has 3 aromatic carbocycles. The highest BCUT2D eigenvalue weighted by Crippen LogP contribution is 2.35. The largest absolute Gasteiger partial charge is 0.457 e. The third kappa shape index (κ3) is 8.15. The maximum absolute atomic E-state index is 13.4. The van der Waals surface area contributed by atoms with Gasteiger partial charge in [-0.15, -0.1) is 0 Å². The number of nitrogens with zero attached hydrogens (tertiary/aromatic N) is 3. The van der Waals surface area contributed by atoms with Crippen molar-refractivity contribution in [2.24, 2.45) is 0 Å². The maximum atomic E-state index is 13.4. The average Bonchev–Trinajstić information content (AvgIpc) is 3.45. The summed E-state index contributed by atoms with van der Waals surface area (Å²) in [6.45, 7) is 9.06. The van der Waals surface area contributed by atoms with Crippen molar-refractivity contribution >= 4 is 34.1 Å². The first kappa shape index (κ1) is 32.3. The summed E-state index contributed by atoms with van der Waals surface area (Å²) in [4.78, 5) is 30.0. The van der Waals surface area contributed by atoms with Gasteiger partial charge in [0.25, 0.3) is 0 Å². The number of ketones is 1. The SMILES string of the molecule is COCCOCC(=O)Cc1cc(Oc2ccc(NC(=O)Nc3cc(C(C)(C)C)nn3-c3ccc(C)cc3)c3ccccc23)ccn1. The second-order valence-corrected chi connectivity index (χ2v) is 12.0. The van der Waals surface area contributed by atoms with Crippen LogP contribution in [-0.4, -0.2) is 53.5 Å². The molecule has 10 heteroatoms. The Morgan fingerprint density at radius 1 is 0.891 bits per heavy atom. The molecule has 46 heavy (non-hydrogen) atoms. The number of aromatic nitrogens is 3. The van der Waals surface area contributed by atoms with Crippen molar-refractivity contribution in [2.75, 3.05) is 37.6 Å². The number of pyridine rings is 1. The zero-order chi connectivity index (χ0) is 32.7. The molecular weight excluding hydrogens is 582 g/mol. The number of anilines is 2. The number of amides is 2. The molecule has 0 aliphatic heterocycles. The lowest BCUT2D eigenvalue weighted by atomic mass is 9.92. The Bertz CT molecular complexity index is 1830. The van der Waals surface area contributed by atoms with E-state index in [0.717, 1.165) is 27.7 Å². The third-order valence-electron chi connectivity index (χ3n) is 7.22. The minimum atomic E-state index is -0.401. The topological polar surface area (TPSA) is 117 Å². The molecule has 0 saturated heterocycles. The van der Waals surface area contributed by atoms with Crippen LogP contribution in [0.2, 0.25) is 0 Å². The van der Waals surface area contributed by atoms with Crippen LogP contribution in [-0.2, 0) is 26.1 Å². The first-order chi connectivity index (χ1) is 22.1. The second kappa shape index (κ2) is 14.4. The fraction of sp³-hybridized carbons (Fsp3) is 0.278. The van der Waals surface area contributed by atoms with Crippen LogP contribution >= 0.6 is 0 Å². The Hall–Kier alpha value is -5.06. The number of fused-ring (bicyclic) bond motifs is 1. The lowest BCUT2D eigenvalue weighted by Gasteiger charge is -2.14. The zero-order valence-electron chi connectivity index (χ0n) is 26.8. The number of aryl methyl sites for hydroxylation is 1. The number of benzene rings is 3. The van der Waals surface area contributed by atoms with Gasteiger partial charge in [0, 0.05) is 41.6 Å². The first-order valence-electron chi connectivity index (χ1n) is 15.1. The van der Waals surface area contributed by atoms with E-state index >= 15 is 0 Å².